The summed E-state index contributed by atoms with van der Waals surface area (Å²) in [6.07, 6.45) is 2.06. The number of hydrogen-bond acceptors (Lipinski definition) is 4. The highest BCUT2D eigenvalue weighted by molar-refractivity contribution is 6.29. The minimum Gasteiger partial charge on any atom is -0.350 e. The fourth-order valence-corrected chi connectivity index (χ4v) is 2.21. The average Bonchev–Trinajstić information content (AvgIpc) is 2.54. The Balaban J connectivity index is 1.61. The topological polar surface area (TPSA) is 67.8 Å². The molecule has 0 fully saturated rings. The molecule has 110 valence electrons. The summed E-state index contributed by atoms with van der Waals surface area (Å²) in [4.78, 5) is 16.2. The second kappa shape index (κ2) is 6.49. The van der Waals surface area contributed by atoms with Gasteiger partial charge in [-0.15, -0.1) is 5.10 Å². The van der Waals surface area contributed by atoms with Crippen molar-refractivity contribution in [3.05, 3.63) is 65.1 Å². The molecule has 5 nitrogen and oxygen atoms in total. The molecular weight excluding hydrogens is 300 g/mol. The quantitative estimate of drug-likeness (QED) is 0.804. The number of halogens is 1. The van der Waals surface area contributed by atoms with Gasteiger partial charge in [-0.2, -0.15) is 5.10 Å². The summed E-state index contributed by atoms with van der Waals surface area (Å²) in [6.45, 7) is 0.331. The van der Waals surface area contributed by atoms with Crippen LogP contribution in [0.15, 0.2) is 48.7 Å². The fraction of sp³-hybridized carbons (Fsp3) is 0.125. The maximum atomic E-state index is 12.0. The minimum atomic E-state index is -0.0695. The van der Waals surface area contributed by atoms with Crippen LogP contribution in [-0.2, 0) is 17.8 Å². The first kappa shape index (κ1) is 14.4. The molecule has 0 unspecified atom stereocenters. The Morgan fingerprint density at radius 3 is 2.86 bits per heavy atom. The first-order valence-corrected chi connectivity index (χ1v) is 7.17. The highest BCUT2D eigenvalue weighted by atomic mass is 35.5. The van der Waals surface area contributed by atoms with E-state index in [1.807, 2.05) is 30.3 Å². The smallest absolute Gasteiger partial charge is 0.224 e. The molecule has 0 saturated heterocycles. The van der Waals surface area contributed by atoms with Crippen LogP contribution in [0.5, 0.6) is 0 Å². The van der Waals surface area contributed by atoms with E-state index in [0.717, 1.165) is 16.5 Å². The summed E-state index contributed by atoms with van der Waals surface area (Å²) in [7, 11) is 0. The number of amides is 1. The fourth-order valence-electron chi connectivity index (χ4n) is 2.11. The molecule has 2 aromatic heterocycles. The summed E-state index contributed by atoms with van der Waals surface area (Å²) in [5.41, 5.74) is 2.53. The van der Waals surface area contributed by atoms with E-state index < -0.39 is 0 Å². The Labute approximate surface area is 132 Å². The largest absolute Gasteiger partial charge is 0.350 e. The van der Waals surface area contributed by atoms with E-state index in [4.69, 9.17) is 11.6 Å². The number of carbonyl (C=O) groups excluding carboxylic acids is 1. The van der Waals surface area contributed by atoms with Crippen LogP contribution < -0.4 is 5.32 Å². The number of nitrogens with one attached hydrogen (secondary N) is 1. The van der Waals surface area contributed by atoms with Gasteiger partial charge in [-0.1, -0.05) is 23.7 Å². The third-order valence-electron chi connectivity index (χ3n) is 3.19. The zero-order valence-corrected chi connectivity index (χ0v) is 12.4. The lowest BCUT2D eigenvalue weighted by molar-refractivity contribution is -0.120. The highest BCUT2D eigenvalue weighted by Gasteiger charge is 2.05. The zero-order valence-electron chi connectivity index (χ0n) is 11.7. The van der Waals surface area contributed by atoms with Crippen LogP contribution in [0.2, 0.25) is 5.15 Å². The molecular formula is C16H13ClN4O. The van der Waals surface area contributed by atoms with Crippen LogP contribution in [0, 0.1) is 0 Å². The van der Waals surface area contributed by atoms with E-state index in [0.29, 0.717) is 23.8 Å². The molecule has 0 radical (unpaired) electrons. The lowest BCUT2D eigenvalue weighted by Crippen LogP contribution is -2.25. The Bertz CT molecular complexity index is 805. The van der Waals surface area contributed by atoms with Crippen molar-refractivity contribution < 1.29 is 4.79 Å². The molecule has 0 aliphatic rings. The second-order valence-electron chi connectivity index (χ2n) is 4.83. The molecule has 0 aliphatic heterocycles. The van der Waals surface area contributed by atoms with Gasteiger partial charge in [0.25, 0.3) is 0 Å². The van der Waals surface area contributed by atoms with Crippen LogP contribution in [0.25, 0.3) is 10.9 Å². The Morgan fingerprint density at radius 1 is 1.14 bits per heavy atom. The summed E-state index contributed by atoms with van der Waals surface area (Å²) < 4.78 is 0. The molecule has 3 rings (SSSR count). The molecule has 22 heavy (non-hydrogen) atoms. The molecule has 0 saturated carbocycles. The Kier molecular flexibility index (Phi) is 4.25. The molecule has 1 amide bonds. The standard InChI is InChI=1S/C16H13ClN4O/c17-15-6-4-13(20-21-15)10-19-16(22)9-11-3-5-14-12(8-11)2-1-7-18-14/h1-8H,9-10H2,(H,19,22). The van der Waals surface area contributed by atoms with E-state index in [9.17, 15) is 4.79 Å². The molecule has 6 heteroatoms. The monoisotopic (exact) mass is 312 g/mol. The van der Waals surface area contributed by atoms with Gasteiger partial charge in [0.05, 0.1) is 24.2 Å². The molecule has 0 bridgehead atoms. The van der Waals surface area contributed by atoms with Gasteiger partial charge >= 0.3 is 0 Å². The van der Waals surface area contributed by atoms with E-state index >= 15 is 0 Å². The van der Waals surface area contributed by atoms with Crippen molar-refractivity contribution in [2.24, 2.45) is 0 Å². The van der Waals surface area contributed by atoms with Crippen molar-refractivity contribution in [2.75, 3.05) is 0 Å². The van der Waals surface area contributed by atoms with Crippen LogP contribution in [0.4, 0.5) is 0 Å². The van der Waals surface area contributed by atoms with Gasteiger partial charge in [-0.25, -0.2) is 0 Å². The normalized spacial score (nSPS) is 10.6. The molecule has 3 aromatic rings. The predicted molar refractivity (Wildman–Crippen MR) is 84.3 cm³/mol. The van der Waals surface area contributed by atoms with Gasteiger partial charge in [0.15, 0.2) is 5.15 Å². The van der Waals surface area contributed by atoms with Gasteiger partial charge in [-0.3, -0.25) is 9.78 Å². The van der Waals surface area contributed by atoms with Gasteiger partial charge in [-0.05, 0) is 35.9 Å². The first-order chi connectivity index (χ1) is 10.7. The molecule has 1 N–H and O–H groups in total. The van der Waals surface area contributed by atoms with Crippen molar-refractivity contribution in [1.82, 2.24) is 20.5 Å². The van der Waals surface area contributed by atoms with Crippen molar-refractivity contribution in [3.63, 3.8) is 0 Å². The highest BCUT2D eigenvalue weighted by Crippen LogP contribution is 2.13. The van der Waals surface area contributed by atoms with Gasteiger partial charge in [0.2, 0.25) is 5.91 Å². The second-order valence-corrected chi connectivity index (χ2v) is 5.22. The number of aromatic nitrogens is 3. The summed E-state index contributed by atoms with van der Waals surface area (Å²) in [5, 5.41) is 11.8. The minimum absolute atomic E-state index is 0.0695. The zero-order chi connectivity index (χ0) is 15.4. The van der Waals surface area contributed by atoms with Crippen molar-refractivity contribution in [3.8, 4) is 0 Å². The third kappa shape index (κ3) is 3.56. The maximum absolute atomic E-state index is 12.0. The molecule has 0 aliphatic carbocycles. The van der Waals surface area contributed by atoms with Crippen molar-refractivity contribution >= 4 is 28.4 Å². The molecule has 2 heterocycles. The number of nitrogens with zero attached hydrogens (tertiary/aromatic N) is 3. The summed E-state index contributed by atoms with van der Waals surface area (Å²) in [6, 6.07) is 13.0. The number of hydrogen-bond donors (Lipinski definition) is 1. The summed E-state index contributed by atoms with van der Waals surface area (Å²) >= 11 is 5.66. The number of fused-ring (bicyclic) bond motifs is 1. The van der Waals surface area contributed by atoms with Crippen LogP contribution in [-0.4, -0.2) is 21.1 Å². The number of carbonyl (C=O) groups is 1. The van der Waals surface area contributed by atoms with Gasteiger partial charge in [0.1, 0.15) is 0 Å². The van der Waals surface area contributed by atoms with E-state index in [2.05, 4.69) is 20.5 Å². The van der Waals surface area contributed by atoms with E-state index in [1.165, 1.54) is 0 Å². The SMILES string of the molecule is O=C(Cc1ccc2ncccc2c1)NCc1ccc(Cl)nn1. The maximum Gasteiger partial charge on any atom is 0.224 e. The molecule has 0 spiro atoms. The number of rotatable bonds is 4. The Morgan fingerprint density at radius 2 is 2.05 bits per heavy atom. The molecule has 0 atom stereocenters. The average molecular weight is 313 g/mol. The van der Waals surface area contributed by atoms with Gasteiger partial charge in [0, 0.05) is 11.6 Å². The van der Waals surface area contributed by atoms with Crippen molar-refractivity contribution in [1.29, 1.82) is 0 Å². The number of benzene rings is 1. The lowest BCUT2D eigenvalue weighted by atomic mass is 10.1. The Hall–Kier alpha value is -2.53. The van der Waals surface area contributed by atoms with E-state index in [-0.39, 0.29) is 5.91 Å². The van der Waals surface area contributed by atoms with Gasteiger partial charge < -0.3 is 5.32 Å². The molecule has 1 aromatic carbocycles. The third-order valence-corrected chi connectivity index (χ3v) is 3.39. The van der Waals surface area contributed by atoms with E-state index in [1.54, 1.807) is 18.3 Å². The van der Waals surface area contributed by atoms with Crippen LogP contribution in [0.1, 0.15) is 11.3 Å². The number of pyridine rings is 1. The summed E-state index contributed by atoms with van der Waals surface area (Å²) in [5.74, 6) is -0.0695. The van der Waals surface area contributed by atoms with Crippen molar-refractivity contribution in [2.45, 2.75) is 13.0 Å². The lowest BCUT2D eigenvalue weighted by Gasteiger charge is -2.05. The van der Waals surface area contributed by atoms with Crippen LogP contribution in [0.3, 0.4) is 0 Å². The van der Waals surface area contributed by atoms with Crippen LogP contribution >= 0.6 is 11.6 Å². The predicted octanol–water partition coefficient (Wildman–Crippen LogP) is 2.54. The first-order valence-electron chi connectivity index (χ1n) is 6.79.